The molecule has 1 N–H and O–H groups in total. The number of hydrogen-bond acceptors (Lipinski definition) is 4. The zero-order valence-electron chi connectivity index (χ0n) is 14.1. The molecule has 0 spiro atoms. The zero-order chi connectivity index (χ0) is 15.3. The van der Waals surface area contributed by atoms with Gasteiger partial charge >= 0.3 is 0 Å². The van der Waals surface area contributed by atoms with E-state index in [1.54, 1.807) is 11.3 Å². The van der Waals surface area contributed by atoms with Crippen molar-refractivity contribution in [3.05, 3.63) is 16.1 Å². The van der Waals surface area contributed by atoms with Gasteiger partial charge in [0.15, 0.2) is 0 Å². The van der Waals surface area contributed by atoms with Crippen molar-refractivity contribution in [2.45, 2.75) is 71.4 Å². The van der Waals surface area contributed by atoms with E-state index in [1.165, 1.54) is 49.5 Å². The predicted octanol–water partition coefficient (Wildman–Crippen LogP) is 3.63. The van der Waals surface area contributed by atoms with Gasteiger partial charge < -0.3 is 5.32 Å². The highest BCUT2D eigenvalue weighted by atomic mass is 32.1. The fourth-order valence-corrected chi connectivity index (χ4v) is 4.61. The van der Waals surface area contributed by atoms with Crippen LogP contribution in [0.5, 0.6) is 0 Å². The van der Waals surface area contributed by atoms with Crippen molar-refractivity contribution in [3.8, 4) is 0 Å². The van der Waals surface area contributed by atoms with Crippen molar-refractivity contribution in [2.75, 3.05) is 19.6 Å². The lowest BCUT2D eigenvalue weighted by molar-refractivity contribution is 0.0623. The summed E-state index contributed by atoms with van der Waals surface area (Å²) in [6, 6.07) is 0.497. The number of aryl methyl sites for hydroxylation is 1. The van der Waals surface area contributed by atoms with Gasteiger partial charge in [0.1, 0.15) is 0 Å². The van der Waals surface area contributed by atoms with Gasteiger partial charge in [0.25, 0.3) is 0 Å². The molecule has 0 radical (unpaired) electrons. The van der Waals surface area contributed by atoms with Gasteiger partial charge in [0.05, 0.1) is 10.7 Å². The maximum Gasteiger partial charge on any atom is 0.0897 e. The predicted molar refractivity (Wildman–Crippen MR) is 92.1 cm³/mol. The summed E-state index contributed by atoms with van der Waals surface area (Å²) in [5.41, 5.74) is 1.54. The Hall–Kier alpha value is -0.450. The van der Waals surface area contributed by atoms with Crippen LogP contribution in [0.2, 0.25) is 0 Å². The SMILES string of the molecule is CCNC(Cc1csc(C)n1)C(CC)(CC)N1CCCC1. The van der Waals surface area contributed by atoms with Crippen LogP contribution in [0, 0.1) is 6.92 Å². The fraction of sp³-hybridized carbons (Fsp3) is 0.824. The molecule has 0 amide bonds. The van der Waals surface area contributed by atoms with Crippen LogP contribution in [-0.2, 0) is 6.42 Å². The molecule has 2 heterocycles. The summed E-state index contributed by atoms with van der Waals surface area (Å²) in [7, 11) is 0. The van der Waals surface area contributed by atoms with Crippen LogP contribution in [0.15, 0.2) is 5.38 Å². The molecule has 1 saturated heterocycles. The number of aromatic nitrogens is 1. The molecule has 0 bridgehead atoms. The molecular formula is C17H31N3S. The average molecular weight is 310 g/mol. The molecule has 1 aromatic rings. The van der Waals surface area contributed by atoms with Gasteiger partial charge in [-0.15, -0.1) is 11.3 Å². The Labute approximate surface area is 134 Å². The number of hydrogen-bond donors (Lipinski definition) is 1. The lowest BCUT2D eigenvalue weighted by atomic mass is 9.80. The summed E-state index contributed by atoms with van der Waals surface area (Å²) in [5, 5.41) is 7.20. The topological polar surface area (TPSA) is 28.2 Å². The summed E-state index contributed by atoms with van der Waals surface area (Å²) in [6.07, 6.45) is 6.19. The van der Waals surface area contributed by atoms with E-state index in [4.69, 9.17) is 4.98 Å². The molecule has 0 saturated carbocycles. The van der Waals surface area contributed by atoms with Crippen molar-refractivity contribution in [1.82, 2.24) is 15.2 Å². The number of nitrogens with one attached hydrogen (secondary N) is 1. The molecule has 1 atom stereocenters. The Balaban J connectivity index is 2.22. The molecule has 0 aliphatic carbocycles. The van der Waals surface area contributed by atoms with Gasteiger partial charge in [0.2, 0.25) is 0 Å². The largest absolute Gasteiger partial charge is 0.312 e. The van der Waals surface area contributed by atoms with E-state index in [1.807, 2.05) is 0 Å². The second kappa shape index (κ2) is 7.70. The molecule has 1 unspecified atom stereocenters. The minimum atomic E-state index is 0.282. The van der Waals surface area contributed by atoms with Crippen LogP contribution in [0.3, 0.4) is 0 Å². The van der Waals surface area contributed by atoms with Crippen molar-refractivity contribution < 1.29 is 0 Å². The van der Waals surface area contributed by atoms with E-state index in [0.717, 1.165) is 13.0 Å². The molecule has 2 rings (SSSR count). The Morgan fingerprint density at radius 1 is 1.29 bits per heavy atom. The Bertz CT molecular complexity index is 419. The third-order valence-corrected chi connectivity index (χ3v) is 5.96. The number of rotatable bonds is 8. The molecule has 1 aliphatic rings. The third kappa shape index (κ3) is 3.66. The summed E-state index contributed by atoms with van der Waals surface area (Å²) in [4.78, 5) is 7.45. The molecule has 21 heavy (non-hydrogen) atoms. The van der Waals surface area contributed by atoms with E-state index in [-0.39, 0.29) is 5.54 Å². The molecule has 4 heteroatoms. The van der Waals surface area contributed by atoms with Gasteiger partial charge in [-0.05, 0) is 52.2 Å². The quantitative estimate of drug-likeness (QED) is 0.795. The number of likely N-dealkylation sites (N-methyl/N-ethyl adjacent to an activating group) is 1. The third-order valence-electron chi connectivity index (χ3n) is 5.14. The van der Waals surface area contributed by atoms with E-state index in [0.29, 0.717) is 6.04 Å². The van der Waals surface area contributed by atoms with Crippen molar-refractivity contribution >= 4 is 11.3 Å². The zero-order valence-corrected chi connectivity index (χ0v) is 14.9. The number of likely N-dealkylation sites (tertiary alicyclic amines) is 1. The van der Waals surface area contributed by atoms with Crippen LogP contribution >= 0.6 is 11.3 Å². The maximum atomic E-state index is 4.70. The van der Waals surface area contributed by atoms with Crippen molar-refractivity contribution in [3.63, 3.8) is 0 Å². The number of nitrogens with zero attached hydrogens (tertiary/aromatic N) is 2. The van der Waals surface area contributed by atoms with Gasteiger partial charge in [-0.3, -0.25) is 4.90 Å². The lowest BCUT2D eigenvalue weighted by Gasteiger charge is -2.47. The van der Waals surface area contributed by atoms with Crippen molar-refractivity contribution in [2.24, 2.45) is 0 Å². The van der Waals surface area contributed by atoms with E-state index in [2.05, 4.69) is 43.3 Å². The van der Waals surface area contributed by atoms with Gasteiger partial charge in [0, 0.05) is 23.4 Å². The average Bonchev–Trinajstić information content (AvgIpc) is 3.13. The first kappa shape index (κ1) is 16.9. The standard InChI is InChI=1S/C17H31N3S/c1-5-17(6-2,20-10-8-9-11-20)16(18-7-3)12-15-13-21-14(4)19-15/h13,16,18H,5-12H2,1-4H3. The molecular weight excluding hydrogens is 278 g/mol. The maximum absolute atomic E-state index is 4.70. The van der Waals surface area contributed by atoms with Crippen molar-refractivity contribution in [1.29, 1.82) is 0 Å². The highest BCUT2D eigenvalue weighted by Gasteiger charge is 2.41. The number of thiazole rings is 1. The summed E-state index contributed by atoms with van der Waals surface area (Å²) < 4.78 is 0. The minimum absolute atomic E-state index is 0.282. The van der Waals surface area contributed by atoms with Crippen LogP contribution in [0.1, 0.15) is 57.2 Å². The minimum Gasteiger partial charge on any atom is -0.312 e. The van der Waals surface area contributed by atoms with Gasteiger partial charge in [-0.25, -0.2) is 4.98 Å². The first-order valence-corrected chi connectivity index (χ1v) is 9.43. The highest BCUT2D eigenvalue weighted by Crippen LogP contribution is 2.33. The highest BCUT2D eigenvalue weighted by molar-refractivity contribution is 7.09. The molecule has 1 fully saturated rings. The summed E-state index contributed by atoms with van der Waals surface area (Å²) in [6.45, 7) is 12.6. The second-order valence-corrected chi connectivity index (χ2v) is 7.24. The molecule has 120 valence electrons. The Morgan fingerprint density at radius 2 is 1.95 bits per heavy atom. The van der Waals surface area contributed by atoms with E-state index in [9.17, 15) is 0 Å². The summed E-state index contributed by atoms with van der Waals surface area (Å²) in [5.74, 6) is 0. The Kier molecular flexibility index (Phi) is 6.20. The second-order valence-electron chi connectivity index (χ2n) is 6.18. The summed E-state index contributed by atoms with van der Waals surface area (Å²) >= 11 is 1.77. The first-order chi connectivity index (χ1) is 10.2. The van der Waals surface area contributed by atoms with E-state index < -0.39 is 0 Å². The molecule has 1 aliphatic heterocycles. The molecule has 3 nitrogen and oxygen atoms in total. The van der Waals surface area contributed by atoms with Gasteiger partial charge in [-0.1, -0.05) is 20.8 Å². The van der Waals surface area contributed by atoms with Crippen LogP contribution in [0.4, 0.5) is 0 Å². The van der Waals surface area contributed by atoms with Gasteiger partial charge in [-0.2, -0.15) is 0 Å². The first-order valence-electron chi connectivity index (χ1n) is 8.55. The van der Waals surface area contributed by atoms with Crippen LogP contribution in [0.25, 0.3) is 0 Å². The van der Waals surface area contributed by atoms with Crippen LogP contribution in [-0.4, -0.2) is 41.1 Å². The van der Waals surface area contributed by atoms with Crippen LogP contribution < -0.4 is 5.32 Å². The Morgan fingerprint density at radius 3 is 2.43 bits per heavy atom. The monoisotopic (exact) mass is 309 g/mol. The normalized spacial score (nSPS) is 18.3. The van der Waals surface area contributed by atoms with E-state index >= 15 is 0 Å². The molecule has 0 aromatic carbocycles. The fourth-order valence-electron chi connectivity index (χ4n) is 3.98. The smallest absolute Gasteiger partial charge is 0.0897 e. The molecule has 1 aromatic heterocycles. The lowest BCUT2D eigenvalue weighted by Crippen LogP contribution is -2.61.